The number of benzene rings is 1. The Morgan fingerprint density at radius 2 is 1.88 bits per heavy atom. The third-order valence-electron chi connectivity index (χ3n) is 4.43. The zero-order valence-electron chi connectivity index (χ0n) is 14.5. The van der Waals surface area contributed by atoms with Crippen molar-refractivity contribution < 1.29 is 14.4 Å². The van der Waals surface area contributed by atoms with Crippen molar-refractivity contribution in [1.82, 2.24) is 10.2 Å². The first-order valence-electron chi connectivity index (χ1n) is 8.55. The molecule has 0 bridgehead atoms. The number of likely N-dealkylation sites (tertiary alicyclic amines) is 1. The van der Waals surface area contributed by atoms with Gasteiger partial charge in [0.15, 0.2) is 5.78 Å². The van der Waals surface area contributed by atoms with Gasteiger partial charge in [0.1, 0.15) is 5.78 Å². The van der Waals surface area contributed by atoms with E-state index in [1.807, 2.05) is 35.2 Å². The maximum absolute atomic E-state index is 12.7. The van der Waals surface area contributed by atoms with Crippen molar-refractivity contribution in [2.24, 2.45) is 0 Å². The summed E-state index contributed by atoms with van der Waals surface area (Å²) in [7, 11) is 0. The minimum Gasteiger partial charge on any atom is -0.345 e. The Labute approximate surface area is 143 Å². The van der Waals surface area contributed by atoms with Gasteiger partial charge in [0.2, 0.25) is 5.91 Å². The fourth-order valence-corrected chi connectivity index (χ4v) is 3.18. The summed E-state index contributed by atoms with van der Waals surface area (Å²) < 4.78 is 0. The maximum Gasteiger partial charge on any atom is 0.237 e. The van der Waals surface area contributed by atoms with Crippen LogP contribution in [-0.4, -0.2) is 47.5 Å². The van der Waals surface area contributed by atoms with Crippen LogP contribution in [0.25, 0.3) is 0 Å². The van der Waals surface area contributed by atoms with Gasteiger partial charge < -0.3 is 5.32 Å². The van der Waals surface area contributed by atoms with Crippen molar-refractivity contribution in [2.75, 3.05) is 13.1 Å². The summed E-state index contributed by atoms with van der Waals surface area (Å²) in [5.41, 5.74) is 1.02. The van der Waals surface area contributed by atoms with E-state index in [9.17, 15) is 14.4 Å². The zero-order valence-corrected chi connectivity index (χ0v) is 14.5. The SMILES string of the molecule is CC(=O)CN1CCCCC1C(=O)NC(Cc1ccccc1)C(C)=O. The molecule has 1 aliphatic rings. The number of rotatable bonds is 7. The molecule has 0 aromatic heterocycles. The molecule has 2 rings (SSSR count). The molecular formula is C19H26N2O3. The molecule has 5 heteroatoms. The van der Waals surface area contributed by atoms with Gasteiger partial charge in [-0.05, 0) is 45.2 Å². The summed E-state index contributed by atoms with van der Waals surface area (Å²) in [4.78, 5) is 38.0. The van der Waals surface area contributed by atoms with Gasteiger partial charge in [0.05, 0.1) is 18.6 Å². The standard InChI is InChI=1S/C19H26N2O3/c1-14(22)13-21-11-7-6-10-18(21)19(24)20-17(15(2)23)12-16-8-4-3-5-9-16/h3-5,8-9,17-18H,6-7,10-13H2,1-2H3,(H,20,24). The second kappa shape index (κ2) is 8.73. The van der Waals surface area contributed by atoms with E-state index in [0.29, 0.717) is 13.0 Å². The van der Waals surface area contributed by atoms with E-state index in [4.69, 9.17) is 0 Å². The minimum atomic E-state index is -0.527. The maximum atomic E-state index is 12.7. The lowest BCUT2D eigenvalue weighted by molar-refractivity contribution is -0.132. The smallest absolute Gasteiger partial charge is 0.237 e. The molecule has 1 N–H and O–H groups in total. The molecule has 0 aliphatic carbocycles. The van der Waals surface area contributed by atoms with Crippen molar-refractivity contribution in [3.63, 3.8) is 0 Å². The summed E-state index contributed by atoms with van der Waals surface area (Å²) in [6, 6.07) is 8.82. The Morgan fingerprint density at radius 1 is 1.17 bits per heavy atom. The average molecular weight is 330 g/mol. The molecule has 24 heavy (non-hydrogen) atoms. The fourth-order valence-electron chi connectivity index (χ4n) is 3.18. The Bertz CT molecular complexity index is 586. The second-order valence-electron chi connectivity index (χ2n) is 6.55. The summed E-state index contributed by atoms with van der Waals surface area (Å²) >= 11 is 0. The Morgan fingerprint density at radius 3 is 2.50 bits per heavy atom. The van der Waals surface area contributed by atoms with Crippen molar-refractivity contribution in [1.29, 1.82) is 0 Å². The molecule has 2 unspecified atom stereocenters. The lowest BCUT2D eigenvalue weighted by Gasteiger charge is -2.34. The molecule has 1 aromatic carbocycles. The average Bonchev–Trinajstić information content (AvgIpc) is 2.55. The highest BCUT2D eigenvalue weighted by molar-refractivity contribution is 5.90. The van der Waals surface area contributed by atoms with E-state index in [1.54, 1.807) is 0 Å². The van der Waals surface area contributed by atoms with Gasteiger partial charge in [-0.3, -0.25) is 19.3 Å². The Kier molecular flexibility index (Phi) is 6.67. The lowest BCUT2D eigenvalue weighted by Crippen LogP contribution is -2.54. The summed E-state index contributed by atoms with van der Waals surface area (Å²) in [6.07, 6.45) is 3.18. The molecule has 0 spiro atoms. The number of piperidine rings is 1. The van der Waals surface area contributed by atoms with E-state index in [2.05, 4.69) is 5.32 Å². The topological polar surface area (TPSA) is 66.5 Å². The van der Waals surface area contributed by atoms with Gasteiger partial charge in [0, 0.05) is 0 Å². The molecule has 1 aromatic rings. The Hall–Kier alpha value is -2.01. The van der Waals surface area contributed by atoms with E-state index >= 15 is 0 Å². The number of nitrogens with zero attached hydrogens (tertiary/aromatic N) is 1. The highest BCUT2D eigenvalue weighted by atomic mass is 16.2. The Balaban J connectivity index is 2.03. The molecule has 1 saturated heterocycles. The molecule has 130 valence electrons. The monoisotopic (exact) mass is 330 g/mol. The highest BCUT2D eigenvalue weighted by Crippen LogP contribution is 2.17. The second-order valence-corrected chi connectivity index (χ2v) is 6.55. The third-order valence-corrected chi connectivity index (χ3v) is 4.43. The van der Waals surface area contributed by atoms with Crippen LogP contribution >= 0.6 is 0 Å². The van der Waals surface area contributed by atoms with Crippen LogP contribution in [0.1, 0.15) is 38.7 Å². The quantitative estimate of drug-likeness (QED) is 0.827. The van der Waals surface area contributed by atoms with Crippen molar-refractivity contribution in [3.05, 3.63) is 35.9 Å². The molecule has 1 fully saturated rings. The number of amides is 1. The molecule has 0 radical (unpaired) electrons. The number of hydrogen-bond acceptors (Lipinski definition) is 4. The minimum absolute atomic E-state index is 0.0545. The van der Waals surface area contributed by atoms with Gasteiger partial charge in [-0.15, -0.1) is 0 Å². The van der Waals surface area contributed by atoms with E-state index < -0.39 is 6.04 Å². The zero-order chi connectivity index (χ0) is 17.5. The number of hydrogen-bond donors (Lipinski definition) is 1. The lowest BCUT2D eigenvalue weighted by atomic mass is 9.99. The molecule has 2 atom stereocenters. The van der Waals surface area contributed by atoms with Crippen LogP contribution in [0.3, 0.4) is 0 Å². The number of Topliss-reactive ketones (excluding diaryl/α,β-unsaturated/α-hetero) is 2. The number of carbonyl (C=O) groups is 3. The number of carbonyl (C=O) groups excluding carboxylic acids is 3. The summed E-state index contributed by atoms with van der Waals surface area (Å²) in [6.45, 7) is 4.09. The van der Waals surface area contributed by atoms with E-state index in [1.165, 1.54) is 13.8 Å². The first-order chi connectivity index (χ1) is 11.5. The van der Waals surface area contributed by atoms with Crippen molar-refractivity contribution in [3.8, 4) is 0 Å². The van der Waals surface area contributed by atoms with Gasteiger partial charge in [-0.2, -0.15) is 0 Å². The first-order valence-corrected chi connectivity index (χ1v) is 8.55. The van der Waals surface area contributed by atoms with Crippen LogP contribution < -0.4 is 5.32 Å². The fraction of sp³-hybridized carbons (Fsp3) is 0.526. The van der Waals surface area contributed by atoms with Crippen LogP contribution in [0.2, 0.25) is 0 Å². The molecule has 1 heterocycles. The number of ketones is 2. The van der Waals surface area contributed by atoms with Gasteiger partial charge in [-0.25, -0.2) is 0 Å². The molecule has 0 saturated carbocycles. The highest BCUT2D eigenvalue weighted by Gasteiger charge is 2.31. The summed E-state index contributed by atoms with van der Waals surface area (Å²) in [5.74, 6) is -0.143. The normalized spacial score (nSPS) is 19.5. The third kappa shape index (κ3) is 5.27. The van der Waals surface area contributed by atoms with Crippen LogP contribution in [0, 0.1) is 0 Å². The molecular weight excluding hydrogens is 304 g/mol. The van der Waals surface area contributed by atoms with E-state index in [0.717, 1.165) is 31.4 Å². The van der Waals surface area contributed by atoms with Gasteiger partial charge >= 0.3 is 0 Å². The predicted octanol–water partition coefficient (Wildman–Crippen LogP) is 1.75. The largest absolute Gasteiger partial charge is 0.345 e. The predicted molar refractivity (Wildman–Crippen MR) is 92.7 cm³/mol. The first kappa shape index (κ1) is 18.3. The van der Waals surface area contributed by atoms with Crippen LogP contribution in [0.15, 0.2) is 30.3 Å². The number of nitrogens with one attached hydrogen (secondary N) is 1. The van der Waals surface area contributed by atoms with Crippen LogP contribution in [-0.2, 0) is 20.8 Å². The molecule has 1 aliphatic heterocycles. The van der Waals surface area contributed by atoms with Gasteiger partial charge in [-0.1, -0.05) is 36.8 Å². The van der Waals surface area contributed by atoms with Crippen molar-refractivity contribution in [2.45, 2.75) is 51.6 Å². The van der Waals surface area contributed by atoms with Crippen molar-refractivity contribution >= 4 is 17.5 Å². The molecule has 5 nitrogen and oxygen atoms in total. The van der Waals surface area contributed by atoms with Gasteiger partial charge in [0.25, 0.3) is 0 Å². The molecule has 1 amide bonds. The summed E-state index contributed by atoms with van der Waals surface area (Å²) in [5, 5.41) is 2.90. The van der Waals surface area contributed by atoms with Crippen LogP contribution in [0.4, 0.5) is 0 Å². The van der Waals surface area contributed by atoms with Crippen LogP contribution in [0.5, 0.6) is 0 Å². The van der Waals surface area contributed by atoms with E-state index in [-0.39, 0.29) is 23.5 Å².